The van der Waals surface area contributed by atoms with Crippen LogP contribution in [0.15, 0.2) is 42.6 Å². The van der Waals surface area contributed by atoms with Gasteiger partial charge in [0.2, 0.25) is 5.91 Å². The molecule has 0 bridgehead atoms. The van der Waals surface area contributed by atoms with Crippen LogP contribution in [0, 0.1) is 5.92 Å². The molecule has 1 amide bonds. The van der Waals surface area contributed by atoms with Crippen LogP contribution < -0.4 is 10.6 Å². The molecule has 23 heavy (non-hydrogen) atoms. The minimum atomic E-state index is 0.0754. The Morgan fingerprint density at radius 3 is 2.57 bits per heavy atom. The third-order valence-corrected chi connectivity index (χ3v) is 4.17. The van der Waals surface area contributed by atoms with E-state index < -0.39 is 0 Å². The number of benzene rings is 1. The molecule has 120 valence electrons. The zero-order valence-electron chi connectivity index (χ0n) is 13.0. The van der Waals surface area contributed by atoms with E-state index in [0.29, 0.717) is 11.5 Å². The monoisotopic (exact) mass is 311 g/mol. The van der Waals surface area contributed by atoms with E-state index in [0.717, 1.165) is 31.4 Å². The van der Waals surface area contributed by atoms with Gasteiger partial charge in [0, 0.05) is 17.8 Å². The van der Waals surface area contributed by atoms with Gasteiger partial charge in [0.25, 0.3) is 0 Å². The van der Waals surface area contributed by atoms with Crippen molar-refractivity contribution in [1.29, 1.82) is 0 Å². The van der Waals surface area contributed by atoms with Crippen molar-refractivity contribution in [2.75, 3.05) is 10.6 Å². The van der Waals surface area contributed by atoms with Crippen molar-refractivity contribution in [1.82, 2.24) is 4.98 Å². The lowest BCUT2D eigenvalue weighted by Gasteiger charge is -2.21. The topological polar surface area (TPSA) is 74.2 Å². The van der Waals surface area contributed by atoms with Crippen molar-refractivity contribution in [2.24, 2.45) is 5.92 Å². The van der Waals surface area contributed by atoms with Crippen LogP contribution in [0.25, 0.3) is 0 Å². The van der Waals surface area contributed by atoms with Gasteiger partial charge >= 0.3 is 0 Å². The third-order valence-electron chi connectivity index (χ3n) is 4.17. The zero-order chi connectivity index (χ0) is 16.1. The van der Waals surface area contributed by atoms with Crippen molar-refractivity contribution < 1.29 is 9.90 Å². The molecule has 5 heteroatoms. The Balaban J connectivity index is 1.72. The Labute approximate surface area is 135 Å². The molecule has 1 fully saturated rings. The lowest BCUT2D eigenvalue weighted by Crippen LogP contribution is -2.25. The second-order valence-electron chi connectivity index (χ2n) is 5.90. The zero-order valence-corrected chi connectivity index (χ0v) is 13.0. The molecule has 1 saturated carbocycles. The molecule has 3 N–H and O–H groups in total. The van der Waals surface area contributed by atoms with Crippen LogP contribution in [0.4, 0.5) is 17.2 Å². The second kappa shape index (κ2) is 7.13. The average molecular weight is 311 g/mol. The van der Waals surface area contributed by atoms with Gasteiger partial charge in [-0.1, -0.05) is 19.3 Å². The number of rotatable bonds is 4. The number of nitrogens with one attached hydrogen (secondary N) is 2. The largest absolute Gasteiger partial charge is 0.508 e. The molecule has 3 rings (SSSR count). The molecule has 2 aromatic rings. The normalized spacial score (nSPS) is 15.1. The molecule has 1 aliphatic carbocycles. The maximum atomic E-state index is 12.4. The van der Waals surface area contributed by atoms with Gasteiger partial charge in [-0.25, -0.2) is 4.98 Å². The summed E-state index contributed by atoms with van der Waals surface area (Å²) in [6.07, 6.45) is 7.09. The maximum absolute atomic E-state index is 12.4. The van der Waals surface area contributed by atoms with E-state index in [4.69, 9.17) is 0 Å². The molecule has 1 aromatic carbocycles. The Morgan fingerprint density at radius 1 is 1.09 bits per heavy atom. The third kappa shape index (κ3) is 4.00. The SMILES string of the molecule is O=C(Nc1cccnc1Nc1ccc(O)cc1)C1CCCCC1. The number of hydrogen-bond acceptors (Lipinski definition) is 4. The van der Waals surface area contributed by atoms with Crippen LogP contribution in [0.1, 0.15) is 32.1 Å². The standard InChI is InChI=1S/C18H21N3O2/c22-15-10-8-14(9-11-15)20-17-16(7-4-12-19-17)21-18(23)13-5-2-1-3-6-13/h4,7-13,22H,1-3,5-6H2,(H,19,20)(H,21,23). The Hall–Kier alpha value is -2.56. The summed E-state index contributed by atoms with van der Waals surface area (Å²) in [6.45, 7) is 0. The van der Waals surface area contributed by atoms with Crippen molar-refractivity contribution >= 4 is 23.1 Å². The van der Waals surface area contributed by atoms with E-state index in [2.05, 4.69) is 15.6 Å². The van der Waals surface area contributed by atoms with Gasteiger partial charge in [0.15, 0.2) is 5.82 Å². The lowest BCUT2D eigenvalue weighted by molar-refractivity contribution is -0.120. The Bertz CT molecular complexity index is 664. The number of nitrogens with zero attached hydrogens (tertiary/aromatic N) is 1. The first-order valence-corrected chi connectivity index (χ1v) is 8.04. The smallest absolute Gasteiger partial charge is 0.227 e. The number of aromatic hydroxyl groups is 1. The molecule has 1 aromatic heterocycles. The summed E-state index contributed by atoms with van der Waals surface area (Å²) < 4.78 is 0. The van der Waals surface area contributed by atoms with Crippen molar-refractivity contribution in [3.05, 3.63) is 42.6 Å². The number of hydrogen-bond donors (Lipinski definition) is 3. The van der Waals surface area contributed by atoms with Crippen LogP contribution in [-0.2, 0) is 4.79 Å². The number of carbonyl (C=O) groups is 1. The molecule has 1 heterocycles. The molecule has 0 unspecified atom stereocenters. The minimum Gasteiger partial charge on any atom is -0.508 e. The summed E-state index contributed by atoms with van der Waals surface area (Å²) >= 11 is 0. The fourth-order valence-corrected chi connectivity index (χ4v) is 2.89. The highest BCUT2D eigenvalue weighted by Crippen LogP contribution is 2.28. The molecule has 0 spiro atoms. The van der Waals surface area contributed by atoms with E-state index in [9.17, 15) is 9.90 Å². The van der Waals surface area contributed by atoms with E-state index in [1.807, 2.05) is 6.07 Å². The number of anilines is 3. The maximum Gasteiger partial charge on any atom is 0.227 e. The number of phenols is 1. The van der Waals surface area contributed by atoms with Crippen LogP contribution in [0.2, 0.25) is 0 Å². The summed E-state index contributed by atoms with van der Waals surface area (Å²) in [5.74, 6) is 0.988. The van der Waals surface area contributed by atoms with Crippen molar-refractivity contribution in [2.45, 2.75) is 32.1 Å². The molecule has 0 saturated heterocycles. The first-order chi connectivity index (χ1) is 11.2. The molecule has 0 radical (unpaired) electrons. The van der Waals surface area contributed by atoms with Gasteiger partial charge in [-0.15, -0.1) is 0 Å². The molecule has 0 aliphatic heterocycles. The van der Waals surface area contributed by atoms with E-state index >= 15 is 0 Å². The Kier molecular flexibility index (Phi) is 4.76. The Morgan fingerprint density at radius 2 is 1.83 bits per heavy atom. The molecular weight excluding hydrogens is 290 g/mol. The van der Waals surface area contributed by atoms with Gasteiger partial charge in [-0.05, 0) is 49.2 Å². The van der Waals surface area contributed by atoms with Gasteiger partial charge in [-0.2, -0.15) is 0 Å². The van der Waals surface area contributed by atoms with Crippen LogP contribution in [0.5, 0.6) is 5.75 Å². The minimum absolute atomic E-state index is 0.0754. The fourth-order valence-electron chi connectivity index (χ4n) is 2.89. The van der Waals surface area contributed by atoms with Crippen molar-refractivity contribution in [3.8, 4) is 5.75 Å². The van der Waals surface area contributed by atoms with E-state index in [1.165, 1.54) is 6.42 Å². The number of amides is 1. The highest BCUT2D eigenvalue weighted by Gasteiger charge is 2.21. The van der Waals surface area contributed by atoms with Gasteiger partial charge in [0.05, 0.1) is 5.69 Å². The first-order valence-electron chi connectivity index (χ1n) is 8.04. The molecular formula is C18H21N3O2. The van der Waals surface area contributed by atoms with E-state index in [1.54, 1.807) is 36.5 Å². The predicted molar refractivity (Wildman–Crippen MR) is 90.8 cm³/mol. The number of phenolic OH excluding ortho intramolecular Hbond substituents is 1. The number of pyridine rings is 1. The van der Waals surface area contributed by atoms with Crippen molar-refractivity contribution in [3.63, 3.8) is 0 Å². The first kappa shape index (κ1) is 15.3. The quantitative estimate of drug-likeness (QED) is 0.745. The molecule has 1 aliphatic rings. The van der Waals surface area contributed by atoms with Gasteiger partial charge in [-0.3, -0.25) is 4.79 Å². The average Bonchev–Trinajstić information content (AvgIpc) is 2.59. The molecule has 0 atom stereocenters. The predicted octanol–water partition coefficient (Wildman–Crippen LogP) is 4.05. The second-order valence-corrected chi connectivity index (χ2v) is 5.90. The number of carbonyl (C=O) groups excluding carboxylic acids is 1. The van der Waals surface area contributed by atoms with Crippen LogP contribution >= 0.6 is 0 Å². The summed E-state index contributed by atoms with van der Waals surface area (Å²) in [4.78, 5) is 16.7. The van der Waals surface area contributed by atoms with Crippen LogP contribution in [0.3, 0.4) is 0 Å². The lowest BCUT2D eigenvalue weighted by atomic mass is 9.88. The fraction of sp³-hybridized carbons (Fsp3) is 0.333. The van der Waals surface area contributed by atoms with Gasteiger partial charge in [0.1, 0.15) is 5.75 Å². The highest BCUT2D eigenvalue weighted by atomic mass is 16.3. The number of aromatic nitrogens is 1. The van der Waals surface area contributed by atoms with E-state index in [-0.39, 0.29) is 17.6 Å². The highest BCUT2D eigenvalue weighted by molar-refractivity contribution is 5.95. The summed E-state index contributed by atoms with van der Waals surface area (Å²) in [5.41, 5.74) is 1.48. The summed E-state index contributed by atoms with van der Waals surface area (Å²) in [7, 11) is 0. The van der Waals surface area contributed by atoms with Crippen LogP contribution in [-0.4, -0.2) is 16.0 Å². The van der Waals surface area contributed by atoms with Gasteiger partial charge < -0.3 is 15.7 Å². The summed E-state index contributed by atoms with van der Waals surface area (Å²) in [5, 5.41) is 15.5. The summed E-state index contributed by atoms with van der Waals surface area (Å²) in [6, 6.07) is 10.4. The molecule has 5 nitrogen and oxygen atoms in total.